The Morgan fingerprint density at radius 3 is 2.19 bits per heavy atom. The van der Waals surface area contributed by atoms with Crippen molar-refractivity contribution < 1.29 is 38.2 Å². The highest BCUT2D eigenvalue weighted by molar-refractivity contribution is 6.51. The van der Waals surface area contributed by atoms with Crippen molar-refractivity contribution in [3.05, 3.63) is 64.9 Å². The molecule has 1 amide bonds. The molecule has 37 heavy (non-hydrogen) atoms. The number of aliphatic hydroxyl groups is 1. The predicted molar refractivity (Wildman–Crippen MR) is 134 cm³/mol. The van der Waals surface area contributed by atoms with Crippen LogP contribution in [0, 0.1) is 6.92 Å². The summed E-state index contributed by atoms with van der Waals surface area (Å²) in [6, 6.07) is 10.3. The van der Waals surface area contributed by atoms with Gasteiger partial charge in [-0.15, -0.1) is 0 Å². The molecular formula is C27H28N2O8. The first-order valence-electron chi connectivity index (χ1n) is 11.6. The van der Waals surface area contributed by atoms with Crippen LogP contribution in [0.15, 0.2) is 52.6 Å². The SMILES string of the molecule is CCCOc1ccc(/C(O)=C2\C(=O)C(=O)N(c3cc(C)on3)[C@H]2c2cc(OC)c(OC)c(OC)c2)cc1. The van der Waals surface area contributed by atoms with Gasteiger partial charge in [-0.1, -0.05) is 12.1 Å². The third-order valence-electron chi connectivity index (χ3n) is 5.91. The molecule has 10 nitrogen and oxygen atoms in total. The molecule has 194 valence electrons. The van der Waals surface area contributed by atoms with E-state index in [9.17, 15) is 14.7 Å². The smallest absolute Gasteiger partial charge is 0.301 e. The maximum Gasteiger partial charge on any atom is 0.301 e. The highest BCUT2D eigenvalue weighted by Gasteiger charge is 2.48. The molecule has 0 saturated carbocycles. The summed E-state index contributed by atoms with van der Waals surface area (Å²) < 4.78 is 27.2. The van der Waals surface area contributed by atoms with Crippen LogP contribution < -0.4 is 23.8 Å². The lowest BCUT2D eigenvalue weighted by molar-refractivity contribution is -0.132. The fourth-order valence-electron chi connectivity index (χ4n) is 4.19. The normalized spacial score (nSPS) is 16.7. The first-order valence-corrected chi connectivity index (χ1v) is 11.6. The van der Waals surface area contributed by atoms with Gasteiger partial charge in [0, 0.05) is 11.6 Å². The molecule has 2 aromatic carbocycles. The zero-order chi connectivity index (χ0) is 26.7. The fourth-order valence-corrected chi connectivity index (χ4v) is 4.19. The van der Waals surface area contributed by atoms with Crippen LogP contribution in [0.3, 0.4) is 0 Å². The number of ether oxygens (including phenoxy) is 4. The van der Waals surface area contributed by atoms with E-state index in [1.807, 2.05) is 6.92 Å². The minimum atomic E-state index is -1.06. The number of aryl methyl sites for hydroxylation is 1. The zero-order valence-electron chi connectivity index (χ0n) is 21.2. The van der Waals surface area contributed by atoms with Gasteiger partial charge in [0.15, 0.2) is 17.3 Å². The van der Waals surface area contributed by atoms with Crippen molar-refractivity contribution in [2.45, 2.75) is 26.3 Å². The third kappa shape index (κ3) is 4.69. The zero-order valence-corrected chi connectivity index (χ0v) is 21.2. The van der Waals surface area contributed by atoms with E-state index in [1.165, 1.54) is 32.3 Å². The van der Waals surface area contributed by atoms with Gasteiger partial charge < -0.3 is 28.6 Å². The monoisotopic (exact) mass is 508 g/mol. The van der Waals surface area contributed by atoms with Crippen LogP contribution in [-0.2, 0) is 9.59 Å². The summed E-state index contributed by atoms with van der Waals surface area (Å²) in [5, 5.41) is 15.3. The predicted octanol–water partition coefficient (Wildman–Crippen LogP) is 4.42. The molecule has 0 radical (unpaired) electrons. The van der Waals surface area contributed by atoms with Gasteiger partial charge in [-0.2, -0.15) is 0 Å². The Morgan fingerprint density at radius 1 is 1.03 bits per heavy atom. The number of anilines is 1. The number of ketones is 1. The van der Waals surface area contributed by atoms with E-state index in [-0.39, 0.29) is 17.2 Å². The first kappa shape index (κ1) is 25.6. The van der Waals surface area contributed by atoms with Crippen LogP contribution in [0.5, 0.6) is 23.0 Å². The minimum absolute atomic E-state index is 0.123. The number of hydrogen-bond acceptors (Lipinski definition) is 9. The van der Waals surface area contributed by atoms with Crippen molar-refractivity contribution in [1.29, 1.82) is 0 Å². The maximum atomic E-state index is 13.4. The lowest BCUT2D eigenvalue weighted by atomic mass is 9.94. The van der Waals surface area contributed by atoms with E-state index in [0.29, 0.717) is 46.5 Å². The van der Waals surface area contributed by atoms with Crippen molar-refractivity contribution in [3.8, 4) is 23.0 Å². The number of hydrogen-bond donors (Lipinski definition) is 1. The largest absolute Gasteiger partial charge is 0.507 e. The number of carbonyl (C=O) groups is 2. The third-order valence-corrected chi connectivity index (χ3v) is 5.91. The molecule has 1 aliphatic rings. The number of amides is 1. The molecule has 0 spiro atoms. The molecular weight excluding hydrogens is 480 g/mol. The van der Waals surface area contributed by atoms with Gasteiger partial charge in [-0.3, -0.25) is 14.5 Å². The van der Waals surface area contributed by atoms with Crippen molar-refractivity contribution in [2.75, 3.05) is 32.8 Å². The molecule has 1 N–H and O–H groups in total. The number of Topliss-reactive ketones (excluding diaryl/α,β-unsaturated/α-hetero) is 1. The second-order valence-electron chi connectivity index (χ2n) is 8.30. The first-order chi connectivity index (χ1) is 17.8. The highest BCUT2D eigenvalue weighted by atomic mass is 16.5. The number of aromatic nitrogens is 1. The van der Waals surface area contributed by atoms with Gasteiger partial charge >= 0.3 is 5.91 Å². The average Bonchev–Trinajstić information content (AvgIpc) is 3.46. The topological polar surface area (TPSA) is 121 Å². The standard InChI is InChI=1S/C27H28N2O8/c1-6-11-36-18-9-7-16(8-10-18)24(30)22-23(17-13-19(33-3)26(35-5)20(14-17)34-4)29(27(32)25(22)31)21-12-15(2)37-28-21/h7-10,12-14,23,30H,6,11H2,1-5H3/b24-22+/t23-/m0/s1. The molecule has 1 atom stereocenters. The summed E-state index contributed by atoms with van der Waals surface area (Å²) in [7, 11) is 4.39. The van der Waals surface area contributed by atoms with E-state index in [0.717, 1.165) is 6.42 Å². The average molecular weight is 509 g/mol. The molecule has 0 unspecified atom stereocenters. The Balaban J connectivity index is 1.92. The minimum Gasteiger partial charge on any atom is -0.507 e. The van der Waals surface area contributed by atoms with Crippen LogP contribution >= 0.6 is 0 Å². The van der Waals surface area contributed by atoms with Crippen molar-refractivity contribution >= 4 is 23.3 Å². The maximum absolute atomic E-state index is 13.4. The van der Waals surface area contributed by atoms with E-state index in [4.69, 9.17) is 23.5 Å². The second kappa shape index (κ2) is 10.7. The Morgan fingerprint density at radius 2 is 1.68 bits per heavy atom. The summed E-state index contributed by atoms with van der Waals surface area (Å²) in [5.74, 6) is 0.0849. The van der Waals surface area contributed by atoms with E-state index in [2.05, 4.69) is 5.16 Å². The summed E-state index contributed by atoms with van der Waals surface area (Å²) in [5.41, 5.74) is 0.650. The second-order valence-corrected chi connectivity index (χ2v) is 8.30. The Labute approximate surface area is 214 Å². The quantitative estimate of drug-likeness (QED) is 0.254. The summed E-state index contributed by atoms with van der Waals surface area (Å²) >= 11 is 0. The van der Waals surface area contributed by atoms with Gasteiger partial charge in [-0.05, 0) is 55.3 Å². The van der Waals surface area contributed by atoms with Crippen LogP contribution in [0.25, 0.3) is 5.76 Å². The summed E-state index contributed by atoms with van der Waals surface area (Å²) in [6.45, 7) is 4.22. The molecule has 0 aliphatic carbocycles. The molecule has 1 fully saturated rings. The van der Waals surface area contributed by atoms with Crippen LogP contribution in [0.2, 0.25) is 0 Å². The summed E-state index contributed by atoms with van der Waals surface area (Å²) in [4.78, 5) is 27.8. The van der Waals surface area contributed by atoms with Gasteiger partial charge in [0.2, 0.25) is 5.75 Å². The fraction of sp³-hybridized carbons (Fsp3) is 0.296. The van der Waals surface area contributed by atoms with Gasteiger partial charge in [-0.25, -0.2) is 0 Å². The lowest BCUT2D eigenvalue weighted by Gasteiger charge is -2.24. The molecule has 2 heterocycles. The summed E-state index contributed by atoms with van der Waals surface area (Å²) in [6.07, 6.45) is 0.849. The number of rotatable bonds is 9. The number of methoxy groups -OCH3 is 3. The molecule has 1 aromatic heterocycles. The lowest BCUT2D eigenvalue weighted by Crippen LogP contribution is -2.29. The highest BCUT2D eigenvalue weighted by Crippen LogP contribution is 2.47. The molecule has 10 heteroatoms. The van der Waals surface area contributed by atoms with Crippen molar-refractivity contribution in [2.24, 2.45) is 0 Å². The Bertz CT molecular complexity index is 1320. The van der Waals surface area contributed by atoms with Crippen LogP contribution in [-0.4, -0.2) is 49.9 Å². The Kier molecular flexibility index (Phi) is 7.37. The van der Waals surface area contributed by atoms with E-state index < -0.39 is 17.7 Å². The van der Waals surface area contributed by atoms with Crippen LogP contribution in [0.1, 0.15) is 36.3 Å². The van der Waals surface area contributed by atoms with Gasteiger partial charge in [0.1, 0.15) is 17.3 Å². The Hall–Kier alpha value is -4.47. The van der Waals surface area contributed by atoms with Crippen LogP contribution in [0.4, 0.5) is 5.82 Å². The van der Waals surface area contributed by atoms with E-state index >= 15 is 0 Å². The molecule has 0 bridgehead atoms. The molecule has 1 saturated heterocycles. The molecule has 3 aromatic rings. The number of benzene rings is 2. The number of nitrogens with zero attached hydrogens (tertiary/aromatic N) is 2. The van der Waals surface area contributed by atoms with Crippen molar-refractivity contribution in [1.82, 2.24) is 5.16 Å². The number of carbonyl (C=O) groups excluding carboxylic acids is 2. The molecule has 4 rings (SSSR count). The van der Waals surface area contributed by atoms with Crippen molar-refractivity contribution in [3.63, 3.8) is 0 Å². The molecule has 1 aliphatic heterocycles. The van der Waals surface area contributed by atoms with Gasteiger partial charge in [0.05, 0.1) is 39.6 Å². The van der Waals surface area contributed by atoms with E-state index in [1.54, 1.807) is 43.3 Å². The number of aliphatic hydroxyl groups excluding tert-OH is 1. The van der Waals surface area contributed by atoms with Gasteiger partial charge in [0.25, 0.3) is 5.78 Å².